The van der Waals surface area contributed by atoms with Crippen LogP contribution in [-0.2, 0) is 4.79 Å². The maximum atomic E-state index is 12.8. The highest BCUT2D eigenvalue weighted by Crippen LogP contribution is 2.19. The fourth-order valence-corrected chi connectivity index (χ4v) is 3.64. The van der Waals surface area contributed by atoms with Crippen LogP contribution in [0.1, 0.15) is 52.1 Å². The minimum atomic E-state index is -0.506. The van der Waals surface area contributed by atoms with Crippen LogP contribution in [0.5, 0.6) is 0 Å². The molecule has 0 saturated carbocycles. The third kappa shape index (κ3) is 5.14. The molecule has 3 rings (SSSR count). The molecule has 0 fully saturated rings. The van der Waals surface area contributed by atoms with Crippen LogP contribution < -0.4 is 10.6 Å². The van der Waals surface area contributed by atoms with Crippen LogP contribution in [0, 0.1) is 27.7 Å². The number of amides is 2. The Bertz CT molecular complexity index is 1040. The summed E-state index contributed by atoms with van der Waals surface area (Å²) < 4.78 is 1.55. The van der Waals surface area contributed by atoms with E-state index in [0.29, 0.717) is 6.42 Å². The van der Waals surface area contributed by atoms with Crippen LogP contribution >= 0.6 is 0 Å². The van der Waals surface area contributed by atoms with Crippen molar-refractivity contribution in [2.45, 2.75) is 47.1 Å². The molecule has 0 aliphatic carbocycles. The molecule has 0 saturated heterocycles. The second-order valence-electron chi connectivity index (χ2n) is 7.80. The van der Waals surface area contributed by atoms with E-state index in [-0.39, 0.29) is 17.5 Å². The van der Waals surface area contributed by atoms with E-state index in [9.17, 15) is 9.59 Å². The van der Waals surface area contributed by atoms with Gasteiger partial charge in [0.2, 0.25) is 5.91 Å². The van der Waals surface area contributed by atoms with Gasteiger partial charge < -0.3 is 10.6 Å². The lowest BCUT2D eigenvalue weighted by Gasteiger charge is -2.16. The van der Waals surface area contributed by atoms with E-state index in [2.05, 4.69) is 21.8 Å². The van der Waals surface area contributed by atoms with E-state index >= 15 is 0 Å². The third-order valence-electron chi connectivity index (χ3n) is 4.82. The van der Waals surface area contributed by atoms with Gasteiger partial charge in [-0.05, 0) is 86.7 Å². The lowest BCUT2D eigenvalue weighted by Crippen LogP contribution is -2.26. The predicted molar refractivity (Wildman–Crippen MR) is 120 cm³/mol. The monoisotopic (exact) mass is 404 g/mol. The molecule has 0 bridgehead atoms. The summed E-state index contributed by atoms with van der Waals surface area (Å²) in [6.45, 7) is 9.87. The number of nitrogens with zero attached hydrogens (tertiary/aromatic N) is 2. The number of nitrogens with one attached hydrogen (secondary N) is 2. The lowest BCUT2D eigenvalue weighted by atomic mass is 10.1. The predicted octanol–water partition coefficient (Wildman–Crippen LogP) is 4.96. The first-order valence-electron chi connectivity index (χ1n) is 10.1. The van der Waals surface area contributed by atoms with Crippen molar-refractivity contribution in [2.24, 2.45) is 0 Å². The number of aromatic nitrogens is 2. The van der Waals surface area contributed by atoms with E-state index in [0.717, 1.165) is 33.6 Å². The van der Waals surface area contributed by atoms with E-state index < -0.39 is 6.04 Å². The molecule has 1 atom stereocenters. The van der Waals surface area contributed by atoms with Gasteiger partial charge in [-0.1, -0.05) is 19.1 Å². The summed E-state index contributed by atoms with van der Waals surface area (Å²) in [6.07, 6.45) is 2.22. The topological polar surface area (TPSA) is 76.0 Å². The molecule has 2 aromatic carbocycles. The summed E-state index contributed by atoms with van der Waals surface area (Å²) in [6, 6.07) is 12.9. The van der Waals surface area contributed by atoms with Crippen LogP contribution in [0.2, 0.25) is 0 Å². The Kier molecular flexibility index (Phi) is 6.35. The second-order valence-corrected chi connectivity index (χ2v) is 7.80. The Balaban J connectivity index is 1.73. The highest BCUT2D eigenvalue weighted by molar-refractivity contribution is 6.03. The number of carbonyl (C=O) groups excluding carboxylic acids is 2. The van der Waals surface area contributed by atoms with Gasteiger partial charge in [-0.25, -0.2) is 0 Å². The molecule has 1 heterocycles. The molecule has 2 amide bonds. The molecule has 0 radical (unpaired) electrons. The number of carbonyl (C=O) groups is 2. The van der Waals surface area contributed by atoms with Crippen molar-refractivity contribution < 1.29 is 9.59 Å². The van der Waals surface area contributed by atoms with Crippen molar-refractivity contribution >= 4 is 23.2 Å². The zero-order valence-corrected chi connectivity index (χ0v) is 18.1. The molecule has 6 nitrogen and oxygen atoms in total. The number of aryl methyl sites for hydroxylation is 4. The SMILES string of the molecule is CC[C@@H](C(=O)Nc1cc(C)cc(C)c1)n1ccc(C(=O)Nc2cc(C)cc(C)c2)n1. The Morgan fingerprint density at radius 1 is 0.867 bits per heavy atom. The summed E-state index contributed by atoms with van der Waals surface area (Å²) >= 11 is 0. The molecular formula is C24H28N4O2. The smallest absolute Gasteiger partial charge is 0.276 e. The Morgan fingerprint density at radius 3 is 1.87 bits per heavy atom. The summed E-state index contributed by atoms with van der Waals surface area (Å²) in [7, 11) is 0. The van der Waals surface area contributed by atoms with Crippen LogP contribution in [0.25, 0.3) is 0 Å². The maximum Gasteiger partial charge on any atom is 0.276 e. The van der Waals surface area contributed by atoms with E-state index in [4.69, 9.17) is 0 Å². The Labute approximate surface area is 177 Å². The van der Waals surface area contributed by atoms with Crippen LogP contribution in [0.3, 0.4) is 0 Å². The standard InChI is InChI=1S/C24H28N4O2/c1-6-22(24(30)26-20-13-17(4)10-18(5)14-20)28-8-7-21(27-28)23(29)25-19-11-15(2)9-16(3)12-19/h7-14,22H,6H2,1-5H3,(H,25,29)(H,26,30)/t22-/m0/s1. The first-order chi connectivity index (χ1) is 14.2. The largest absolute Gasteiger partial charge is 0.324 e. The molecule has 1 aromatic heterocycles. The fraction of sp³-hybridized carbons (Fsp3) is 0.292. The minimum Gasteiger partial charge on any atom is -0.324 e. The number of hydrogen-bond donors (Lipinski definition) is 2. The van der Waals surface area contributed by atoms with Gasteiger partial charge in [0, 0.05) is 17.6 Å². The van der Waals surface area contributed by atoms with Gasteiger partial charge in [0.25, 0.3) is 5.91 Å². The number of rotatable bonds is 6. The van der Waals surface area contributed by atoms with Gasteiger partial charge in [0.1, 0.15) is 6.04 Å². The van der Waals surface area contributed by atoms with Gasteiger partial charge in [0.05, 0.1) is 0 Å². The Hall–Kier alpha value is -3.41. The van der Waals surface area contributed by atoms with Gasteiger partial charge in [-0.2, -0.15) is 5.10 Å². The van der Waals surface area contributed by atoms with Crippen molar-refractivity contribution in [1.29, 1.82) is 0 Å². The molecule has 156 valence electrons. The van der Waals surface area contributed by atoms with Crippen LogP contribution in [-0.4, -0.2) is 21.6 Å². The summed E-state index contributed by atoms with van der Waals surface area (Å²) in [5.41, 5.74) is 6.08. The summed E-state index contributed by atoms with van der Waals surface area (Å²) in [5, 5.41) is 10.2. The number of hydrogen-bond acceptors (Lipinski definition) is 3. The normalized spacial score (nSPS) is 11.8. The van der Waals surface area contributed by atoms with E-state index in [1.54, 1.807) is 16.9 Å². The first kappa shape index (κ1) is 21.3. The zero-order valence-electron chi connectivity index (χ0n) is 18.1. The quantitative estimate of drug-likeness (QED) is 0.610. The van der Waals surface area contributed by atoms with E-state index in [1.165, 1.54) is 0 Å². The van der Waals surface area contributed by atoms with Gasteiger partial charge in [-0.15, -0.1) is 0 Å². The summed E-state index contributed by atoms with van der Waals surface area (Å²) in [5.74, 6) is -0.463. The molecule has 0 aliphatic heterocycles. The van der Waals surface area contributed by atoms with E-state index in [1.807, 2.05) is 65.0 Å². The van der Waals surface area contributed by atoms with Crippen LogP contribution in [0.4, 0.5) is 11.4 Å². The van der Waals surface area contributed by atoms with Crippen LogP contribution in [0.15, 0.2) is 48.7 Å². The molecular weight excluding hydrogens is 376 g/mol. The molecule has 0 spiro atoms. The highest BCUT2D eigenvalue weighted by atomic mass is 16.2. The second kappa shape index (κ2) is 8.95. The lowest BCUT2D eigenvalue weighted by molar-refractivity contribution is -0.119. The van der Waals surface area contributed by atoms with Crippen molar-refractivity contribution in [2.75, 3.05) is 10.6 Å². The maximum absolute atomic E-state index is 12.8. The van der Waals surface area contributed by atoms with Gasteiger partial charge in [-0.3, -0.25) is 14.3 Å². The molecule has 0 aliphatic rings. The van der Waals surface area contributed by atoms with Crippen molar-refractivity contribution in [3.8, 4) is 0 Å². The third-order valence-corrected chi connectivity index (χ3v) is 4.82. The number of anilines is 2. The molecule has 2 N–H and O–H groups in total. The highest BCUT2D eigenvalue weighted by Gasteiger charge is 2.21. The molecule has 0 unspecified atom stereocenters. The van der Waals surface area contributed by atoms with Gasteiger partial charge >= 0.3 is 0 Å². The first-order valence-corrected chi connectivity index (χ1v) is 10.1. The molecule has 3 aromatic rings. The van der Waals surface area contributed by atoms with Crippen molar-refractivity contribution in [1.82, 2.24) is 9.78 Å². The fourth-order valence-electron chi connectivity index (χ4n) is 3.64. The van der Waals surface area contributed by atoms with Crippen molar-refractivity contribution in [3.63, 3.8) is 0 Å². The average molecular weight is 405 g/mol. The number of benzene rings is 2. The average Bonchev–Trinajstić information content (AvgIpc) is 3.10. The minimum absolute atomic E-state index is 0.160. The molecule has 30 heavy (non-hydrogen) atoms. The van der Waals surface area contributed by atoms with Crippen molar-refractivity contribution in [3.05, 3.63) is 76.6 Å². The zero-order chi connectivity index (χ0) is 21.8. The van der Waals surface area contributed by atoms with Gasteiger partial charge in [0.15, 0.2) is 5.69 Å². The summed E-state index contributed by atoms with van der Waals surface area (Å²) in [4.78, 5) is 25.4. The molecule has 6 heteroatoms. The Morgan fingerprint density at radius 2 is 1.37 bits per heavy atom.